The predicted octanol–water partition coefficient (Wildman–Crippen LogP) is 3.49. The first-order valence-electron chi connectivity index (χ1n) is 9.82. The third-order valence-electron chi connectivity index (χ3n) is 4.66. The van der Waals surface area contributed by atoms with E-state index in [2.05, 4.69) is 29.6 Å². The number of likely N-dealkylation sites (N-methyl/N-ethyl adjacent to an activating group) is 1. The van der Waals surface area contributed by atoms with E-state index in [4.69, 9.17) is 0 Å². The number of unbranched alkanes of at least 4 members (excludes halogenated alkanes) is 1. The van der Waals surface area contributed by atoms with E-state index < -0.39 is 10.0 Å². The molecule has 0 aliphatic heterocycles. The van der Waals surface area contributed by atoms with Crippen LogP contribution in [0.2, 0.25) is 0 Å². The van der Waals surface area contributed by atoms with Crippen molar-refractivity contribution in [1.29, 1.82) is 0 Å². The van der Waals surface area contributed by atoms with Crippen molar-refractivity contribution in [2.24, 2.45) is 0 Å². The van der Waals surface area contributed by atoms with Gasteiger partial charge in [0.1, 0.15) is 0 Å². The van der Waals surface area contributed by atoms with Crippen LogP contribution in [-0.4, -0.2) is 50.7 Å². The molecule has 29 heavy (non-hydrogen) atoms. The average Bonchev–Trinajstić information content (AvgIpc) is 2.68. The Labute approximate surface area is 174 Å². The highest BCUT2D eigenvalue weighted by Gasteiger charge is 2.20. The minimum absolute atomic E-state index is 0.143. The van der Waals surface area contributed by atoms with Gasteiger partial charge in [-0.3, -0.25) is 9.69 Å². The van der Waals surface area contributed by atoms with Gasteiger partial charge < -0.3 is 5.32 Å². The number of rotatable bonds is 10. The van der Waals surface area contributed by atoms with Crippen molar-refractivity contribution in [2.75, 3.05) is 32.5 Å². The van der Waals surface area contributed by atoms with Crippen LogP contribution >= 0.6 is 0 Å². The van der Waals surface area contributed by atoms with Crippen LogP contribution in [0.4, 0.5) is 5.69 Å². The molecule has 6 nitrogen and oxygen atoms in total. The molecule has 0 fully saturated rings. The zero-order valence-corrected chi connectivity index (χ0v) is 18.5. The van der Waals surface area contributed by atoms with E-state index in [0.717, 1.165) is 18.4 Å². The highest BCUT2D eigenvalue weighted by Crippen LogP contribution is 2.18. The van der Waals surface area contributed by atoms with Crippen LogP contribution in [0.5, 0.6) is 0 Å². The predicted molar refractivity (Wildman–Crippen MR) is 117 cm³/mol. The molecule has 2 aromatic rings. The molecule has 2 aromatic carbocycles. The van der Waals surface area contributed by atoms with Gasteiger partial charge in [0.05, 0.1) is 11.4 Å². The highest BCUT2D eigenvalue weighted by molar-refractivity contribution is 7.89. The Kier molecular flexibility index (Phi) is 8.37. The number of carbonyl (C=O) groups is 1. The first kappa shape index (κ1) is 23.1. The fourth-order valence-electron chi connectivity index (χ4n) is 2.90. The summed E-state index contributed by atoms with van der Waals surface area (Å²) in [6.07, 6.45) is 1.75. The van der Waals surface area contributed by atoms with Gasteiger partial charge in [-0.25, -0.2) is 12.7 Å². The molecule has 0 radical (unpaired) electrons. The van der Waals surface area contributed by atoms with Gasteiger partial charge in [0.25, 0.3) is 0 Å². The number of hydrogen-bond acceptors (Lipinski definition) is 4. The van der Waals surface area contributed by atoms with Crippen LogP contribution in [0.25, 0.3) is 0 Å². The van der Waals surface area contributed by atoms with Gasteiger partial charge in [-0.15, -0.1) is 0 Å². The van der Waals surface area contributed by atoms with Crippen molar-refractivity contribution >= 4 is 21.6 Å². The van der Waals surface area contributed by atoms with Crippen LogP contribution in [0.15, 0.2) is 53.4 Å². The van der Waals surface area contributed by atoms with Crippen molar-refractivity contribution in [3.05, 3.63) is 59.7 Å². The minimum Gasteiger partial charge on any atom is -0.325 e. The maximum atomic E-state index is 12.5. The zero-order valence-electron chi connectivity index (χ0n) is 17.7. The van der Waals surface area contributed by atoms with Gasteiger partial charge in [0.15, 0.2) is 0 Å². The third-order valence-corrected chi connectivity index (χ3v) is 6.53. The SMILES string of the molecule is CCCCN(C)S(=O)(=O)c1ccc(NC(=O)CN(C)Cc2ccc(C)cc2)cc1. The number of aryl methyl sites for hydroxylation is 1. The van der Waals surface area contributed by atoms with E-state index in [-0.39, 0.29) is 17.3 Å². The van der Waals surface area contributed by atoms with Crippen molar-refractivity contribution in [2.45, 2.75) is 38.1 Å². The van der Waals surface area contributed by atoms with E-state index in [1.165, 1.54) is 22.0 Å². The molecule has 0 saturated heterocycles. The molecule has 2 rings (SSSR count). The lowest BCUT2D eigenvalue weighted by Gasteiger charge is -2.18. The third kappa shape index (κ3) is 6.96. The Bertz CT molecular complexity index is 894. The van der Waals surface area contributed by atoms with Crippen LogP contribution in [0, 0.1) is 6.92 Å². The average molecular weight is 418 g/mol. The summed E-state index contributed by atoms with van der Waals surface area (Å²) in [6, 6.07) is 14.5. The first-order chi connectivity index (χ1) is 13.7. The second-order valence-electron chi connectivity index (χ2n) is 7.41. The number of hydrogen-bond donors (Lipinski definition) is 1. The summed E-state index contributed by atoms with van der Waals surface area (Å²) < 4.78 is 26.5. The molecular formula is C22H31N3O3S. The van der Waals surface area contributed by atoms with Crippen molar-refractivity contribution < 1.29 is 13.2 Å². The van der Waals surface area contributed by atoms with E-state index in [0.29, 0.717) is 18.8 Å². The van der Waals surface area contributed by atoms with Gasteiger partial charge in [-0.05, 0) is 50.2 Å². The second-order valence-corrected chi connectivity index (χ2v) is 9.46. The summed E-state index contributed by atoms with van der Waals surface area (Å²) in [5.41, 5.74) is 2.93. The van der Waals surface area contributed by atoms with Gasteiger partial charge in [-0.1, -0.05) is 43.2 Å². The number of carbonyl (C=O) groups excluding carboxylic acids is 1. The Morgan fingerprint density at radius 1 is 1.00 bits per heavy atom. The lowest BCUT2D eigenvalue weighted by atomic mass is 10.1. The summed E-state index contributed by atoms with van der Waals surface area (Å²) in [4.78, 5) is 14.5. The van der Waals surface area contributed by atoms with Crippen LogP contribution in [-0.2, 0) is 21.4 Å². The molecule has 158 valence electrons. The summed E-state index contributed by atoms with van der Waals surface area (Å²) in [6.45, 7) is 5.48. The van der Waals surface area contributed by atoms with Gasteiger partial charge in [0, 0.05) is 25.8 Å². The van der Waals surface area contributed by atoms with Crippen molar-refractivity contribution in [3.63, 3.8) is 0 Å². The zero-order chi connectivity index (χ0) is 21.4. The van der Waals surface area contributed by atoms with Crippen LogP contribution in [0.3, 0.4) is 0 Å². The number of nitrogens with one attached hydrogen (secondary N) is 1. The van der Waals surface area contributed by atoms with Gasteiger partial charge in [0.2, 0.25) is 15.9 Å². The van der Waals surface area contributed by atoms with E-state index in [9.17, 15) is 13.2 Å². The number of nitrogens with zero attached hydrogens (tertiary/aromatic N) is 2. The molecule has 0 saturated carbocycles. The quantitative estimate of drug-likeness (QED) is 0.642. The minimum atomic E-state index is -3.50. The maximum Gasteiger partial charge on any atom is 0.242 e. The topological polar surface area (TPSA) is 69.7 Å². The second kappa shape index (κ2) is 10.5. The van der Waals surface area contributed by atoms with E-state index in [1.54, 1.807) is 19.2 Å². The largest absolute Gasteiger partial charge is 0.325 e. The van der Waals surface area contributed by atoms with Gasteiger partial charge in [-0.2, -0.15) is 0 Å². The molecule has 0 aliphatic carbocycles. The summed E-state index contributed by atoms with van der Waals surface area (Å²) in [7, 11) is -0.0228. The Morgan fingerprint density at radius 2 is 1.62 bits per heavy atom. The monoisotopic (exact) mass is 417 g/mol. The first-order valence-corrected chi connectivity index (χ1v) is 11.3. The van der Waals surface area contributed by atoms with Crippen LogP contribution in [0.1, 0.15) is 30.9 Å². The molecule has 0 spiro atoms. The Balaban J connectivity index is 1.91. The molecule has 0 heterocycles. The molecule has 0 aromatic heterocycles. The van der Waals surface area contributed by atoms with Crippen molar-refractivity contribution in [1.82, 2.24) is 9.21 Å². The van der Waals surface area contributed by atoms with Crippen LogP contribution < -0.4 is 5.32 Å². The van der Waals surface area contributed by atoms with Crippen molar-refractivity contribution in [3.8, 4) is 0 Å². The standard InChI is InChI=1S/C22H31N3O3S/c1-5-6-15-25(4)29(27,28)21-13-11-20(12-14-21)23-22(26)17-24(3)16-19-9-7-18(2)8-10-19/h7-14H,5-6,15-17H2,1-4H3,(H,23,26). The molecule has 0 aliphatic rings. The lowest BCUT2D eigenvalue weighted by Crippen LogP contribution is -2.30. The molecular weight excluding hydrogens is 386 g/mol. The number of amides is 1. The molecule has 1 N–H and O–H groups in total. The number of anilines is 1. The fourth-order valence-corrected chi connectivity index (χ4v) is 4.11. The van der Waals surface area contributed by atoms with E-state index in [1.807, 2.05) is 25.8 Å². The lowest BCUT2D eigenvalue weighted by molar-refractivity contribution is -0.117. The Hall–Kier alpha value is -2.22. The number of sulfonamides is 1. The summed E-state index contributed by atoms with van der Waals surface area (Å²) in [5.74, 6) is -0.143. The fraction of sp³-hybridized carbons (Fsp3) is 0.409. The summed E-state index contributed by atoms with van der Waals surface area (Å²) in [5, 5.41) is 2.82. The number of benzene rings is 2. The Morgan fingerprint density at radius 3 is 2.21 bits per heavy atom. The normalized spacial score (nSPS) is 11.8. The van der Waals surface area contributed by atoms with Gasteiger partial charge >= 0.3 is 0 Å². The van der Waals surface area contributed by atoms with E-state index >= 15 is 0 Å². The molecule has 0 unspecified atom stereocenters. The smallest absolute Gasteiger partial charge is 0.242 e. The highest BCUT2D eigenvalue weighted by atomic mass is 32.2. The molecule has 7 heteroatoms. The maximum absolute atomic E-state index is 12.5. The molecule has 0 bridgehead atoms. The molecule has 0 atom stereocenters. The molecule has 1 amide bonds. The summed E-state index contributed by atoms with van der Waals surface area (Å²) >= 11 is 0.